The molecule has 0 bridgehead atoms. The van der Waals surface area contributed by atoms with Crippen LogP contribution in [0.3, 0.4) is 0 Å². The fourth-order valence-electron chi connectivity index (χ4n) is 2.04. The van der Waals surface area contributed by atoms with E-state index in [2.05, 4.69) is 14.5 Å². The van der Waals surface area contributed by atoms with Crippen molar-refractivity contribution in [1.29, 1.82) is 0 Å². The molecule has 0 saturated carbocycles. The number of aromatic nitrogens is 3. The largest absolute Gasteiger partial charge is 0.497 e. The summed E-state index contributed by atoms with van der Waals surface area (Å²) in [4.78, 5) is 5.23. The monoisotopic (exact) mass is 317 g/mol. The molecule has 0 aliphatic rings. The zero-order chi connectivity index (χ0) is 15.5. The maximum Gasteiger partial charge on any atom is 0.231 e. The van der Waals surface area contributed by atoms with Gasteiger partial charge in [0, 0.05) is 6.07 Å². The van der Waals surface area contributed by atoms with Gasteiger partial charge in [0.05, 0.1) is 25.5 Å². The third-order valence-corrected chi connectivity index (χ3v) is 4.05. The van der Waals surface area contributed by atoms with Crippen molar-refractivity contribution in [1.82, 2.24) is 14.5 Å². The van der Waals surface area contributed by atoms with E-state index in [0.717, 1.165) is 21.8 Å². The molecule has 0 amide bonds. The van der Waals surface area contributed by atoms with E-state index in [-0.39, 0.29) is 0 Å². The van der Waals surface area contributed by atoms with Gasteiger partial charge in [-0.15, -0.1) is 0 Å². The number of ether oxygens (including phenoxy) is 2. The normalized spacial score (nSPS) is 10.7. The van der Waals surface area contributed by atoms with Gasteiger partial charge in [0.2, 0.25) is 17.6 Å². The molecule has 0 unspecified atom stereocenters. The van der Waals surface area contributed by atoms with Crippen molar-refractivity contribution in [3.63, 3.8) is 0 Å². The van der Waals surface area contributed by atoms with Crippen LogP contribution in [0.2, 0.25) is 0 Å². The predicted molar refractivity (Wildman–Crippen MR) is 82.5 cm³/mol. The first-order valence-electron chi connectivity index (χ1n) is 6.67. The Labute approximate surface area is 131 Å². The lowest BCUT2D eigenvalue weighted by Crippen LogP contribution is -1.93. The summed E-state index contributed by atoms with van der Waals surface area (Å²) < 4.78 is 19.7. The van der Waals surface area contributed by atoms with Crippen LogP contribution >= 0.6 is 11.5 Å². The van der Waals surface area contributed by atoms with Crippen LogP contribution in [-0.2, 0) is 6.42 Å². The van der Waals surface area contributed by atoms with E-state index in [1.54, 1.807) is 20.3 Å². The Bertz CT molecular complexity index is 782. The van der Waals surface area contributed by atoms with Crippen molar-refractivity contribution in [2.45, 2.75) is 13.3 Å². The van der Waals surface area contributed by atoms with Crippen molar-refractivity contribution < 1.29 is 14.0 Å². The number of aryl methyl sites for hydroxylation is 1. The lowest BCUT2D eigenvalue weighted by molar-refractivity contribution is 0.385. The van der Waals surface area contributed by atoms with Gasteiger partial charge in [0.1, 0.15) is 5.75 Å². The van der Waals surface area contributed by atoms with Crippen molar-refractivity contribution in [2.24, 2.45) is 0 Å². The molecule has 22 heavy (non-hydrogen) atoms. The van der Waals surface area contributed by atoms with Crippen LogP contribution in [0.5, 0.6) is 11.6 Å². The third kappa shape index (κ3) is 2.94. The van der Waals surface area contributed by atoms with Crippen molar-refractivity contribution >= 4 is 11.5 Å². The SMILES string of the molecule is COc1ccc(Cc2nc(-c3cc(OC)ns3)no2)c(C)c1. The molecule has 2 heterocycles. The molecule has 7 heteroatoms. The number of methoxy groups -OCH3 is 2. The molecular formula is C15H15N3O3S. The second kappa shape index (κ2) is 6.15. The highest BCUT2D eigenvalue weighted by atomic mass is 32.1. The zero-order valence-corrected chi connectivity index (χ0v) is 13.3. The molecule has 1 aromatic carbocycles. The van der Waals surface area contributed by atoms with Crippen LogP contribution < -0.4 is 9.47 Å². The molecule has 3 rings (SSSR count). The van der Waals surface area contributed by atoms with Crippen molar-refractivity contribution in [2.75, 3.05) is 14.2 Å². The molecule has 0 aliphatic carbocycles. The Morgan fingerprint density at radius 2 is 2.05 bits per heavy atom. The molecule has 0 radical (unpaired) electrons. The van der Waals surface area contributed by atoms with Crippen LogP contribution in [0.15, 0.2) is 28.8 Å². The molecule has 0 atom stereocenters. The van der Waals surface area contributed by atoms with Gasteiger partial charge < -0.3 is 14.0 Å². The van der Waals surface area contributed by atoms with E-state index in [9.17, 15) is 0 Å². The van der Waals surface area contributed by atoms with E-state index in [0.29, 0.717) is 24.0 Å². The Morgan fingerprint density at radius 1 is 1.18 bits per heavy atom. The van der Waals surface area contributed by atoms with E-state index in [4.69, 9.17) is 14.0 Å². The predicted octanol–water partition coefficient (Wildman–Crippen LogP) is 3.11. The summed E-state index contributed by atoms with van der Waals surface area (Å²) in [6, 6.07) is 7.71. The Morgan fingerprint density at radius 3 is 2.73 bits per heavy atom. The molecular weight excluding hydrogens is 302 g/mol. The second-order valence-electron chi connectivity index (χ2n) is 4.71. The minimum absolute atomic E-state index is 0.530. The minimum atomic E-state index is 0.530. The van der Waals surface area contributed by atoms with E-state index >= 15 is 0 Å². The average molecular weight is 317 g/mol. The quantitative estimate of drug-likeness (QED) is 0.720. The summed E-state index contributed by atoms with van der Waals surface area (Å²) in [5.74, 6) is 2.49. The molecule has 3 aromatic rings. The third-order valence-electron chi connectivity index (χ3n) is 3.28. The summed E-state index contributed by atoms with van der Waals surface area (Å²) in [6.45, 7) is 2.03. The van der Waals surface area contributed by atoms with Crippen molar-refractivity contribution in [3.05, 3.63) is 41.3 Å². The van der Waals surface area contributed by atoms with E-state index < -0.39 is 0 Å². The number of hydrogen-bond acceptors (Lipinski definition) is 7. The Kier molecular flexibility index (Phi) is 4.06. The van der Waals surface area contributed by atoms with Crippen molar-refractivity contribution in [3.8, 4) is 22.3 Å². The maximum absolute atomic E-state index is 5.32. The van der Waals surface area contributed by atoms with Crippen LogP contribution in [0.1, 0.15) is 17.0 Å². The standard InChI is InChI=1S/C15H15N3O3S/c1-9-6-11(19-2)5-4-10(9)7-13-16-15(17-21-13)12-8-14(20-3)18-22-12/h4-6,8H,7H2,1-3H3. The fourth-order valence-corrected chi connectivity index (χ4v) is 2.68. The van der Waals surface area contributed by atoms with Gasteiger partial charge >= 0.3 is 0 Å². The Hall–Kier alpha value is -2.41. The summed E-state index contributed by atoms with van der Waals surface area (Å²) in [7, 11) is 3.23. The van der Waals surface area contributed by atoms with Gasteiger partial charge in [-0.3, -0.25) is 0 Å². The first-order chi connectivity index (χ1) is 10.7. The smallest absolute Gasteiger partial charge is 0.231 e. The number of nitrogens with zero attached hydrogens (tertiary/aromatic N) is 3. The Balaban J connectivity index is 1.79. The topological polar surface area (TPSA) is 70.3 Å². The molecule has 2 aromatic heterocycles. The second-order valence-corrected chi connectivity index (χ2v) is 5.52. The van der Waals surface area contributed by atoms with Gasteiger partial charge in [0.25, 0.3) is 0 Å². The molecule has 114 valence electrons. The summed E-state index contributed by atoms with van der Waals surface area (Å²) in [6.07, 6.45) is 0.582. The first-order valence-corrected chi connectivity index (χ1v) is 7.44. The van der Waals surface area contributed by atoms with Crippen LogP contribution in [0.25, 0.3) is 10.7 Å². The van der Waals surface area contributed by atoms with Gasteiger partial charge in [-0.1, -0.05) is 11.2 Å². The van der Waals surface area contributed by atoms with Crippen LogP contribution in [0.4, 0.5) is 0 Å². The lowest BCUT2D eigenvalue weighted by atomic mass is 10.1. The average Bonchev–Trinajstić information content (AvgIpc) is 3.17. The highest BCUT2D eigenvalue weighted by molar-refractivity contribution is 7.09. The zero-order valence-electron chi connectivity index (χ0n) is 12.5. The van der Waals surface area contributed by atoms with E-state index in [1.807, 2.05) is 25.1 Å². The molecule has 0 spiro atoms. The number of hydrogen-bond donors (Lipinski definition) is 0. The minimum Gasteiger partial charge on any atom is -0.497 e. The first kappa shape index (κ1) is 14.5. The van der Waals surface area contributed by atoms with Gasteiger partial charge in [-0.25, -0.2) is 0 Å². The van der Waals surface area contributed by atoms with Crippen LogP contribution in [-0.4, -0.2) is 28.7 Å². The van der Waals surface area contributed by atoms with E-state index in [1.165, 1.54) is 11.5 Å². The molecule has 0 fully saturated rings. The lowest BCUT2D eigenvalue weighted by Gasteiger charge is -2.05. The fraction of sp³-hybridized carbons (Fsp3) is 0.267. The number of rotatable bonds is 5. The molecule has 0 aliphatic heterocycles. The van der Waals surface area contributed by atoms with Gasteiger partial charge in [-0.05, 0) is 41.7 Å². The maximum atomic E-state index is 5.32. The molecule has 0 saturated heterocycles. The molecule has 6 nitrogen and oxygen atoms in total. The molecule has 0 N–H and O–H groups in total. The number of benzene rings is 1. The summed E-state index contributed by atoms with van der Waals surface area (Å²) in [5, 5.41) is 4.00. The summed E-state index contributed by atoms with van der Waals surface area (Å²) in [5.41, 5.74) is 2.25. The highest BCUT2D eigenvalue weighted by Crippen LogP contribution is 2.26. The van der Waals surface area contributed by atoms with Crippen LogP contribution in [0, 0.1) is 6.92 Å². The highest BCUT2D eigenvalue weighted by Gasteiger charge is 2.13. The summed E-state index contributed by atoms with van der Waals surface area (Å²) >= 11 is 1.28. The van der Waals surface area contributed by atoms with Gasteiger partial charge in [-0.2, -0.15) is 9.36 Å². The van der Waals surface area contributed by atoms with Gasteiger partial charge in [0.15, 0.2) is 0 Å².